The van der Waals surface area contributed by atoms with Gasteiger partial charge < -0.3 is 5.73 Å². The molecule has 2 aromatic rings. The zero-order valence-electron chi connectivity index (χ0n) is 10.3. The van der Waals surface area contributed by atoms with Crippen LogP contribution in [-0.2, 0) is 6.42 Å². The molecule has 2 aromatic carbocycles. The van der Waals surface area contributed by atoms with E-state index in [-0.39, 0.29) is 0 Å². The summed E-state index contributed by atoms with van der Waals surface area (Å²) in [6.45, 7) is 2.79. The van der Waals surface area contributed by atoms with Gasteiger partial charge in [0.1, 0.15) is 0 Å². The summed E-state index contributed by atoms with van der Waals surface area (Å²) in [6.07, 6.45) is 0.925. The smallest absolute Gasteiger partial charge is 0.0317 e. The minimum atomic E-state index is 0.691. The molecule has 0 atom stereocenters. The number of hydrogen-bond donors (Lipinski definition) is 1. The number of hydrogen-bond acceptors (Lipinski definition) is 2. The normalized spacial score (nSPS) is 10.6. The Morgan fingerprint density at radius 2 is 1.83 bits per heavy atom. The molecule has 18 heavy (non-hydrogen) atoms. The first kappa shape index (κ1) is 13.7. The first-order valence-electron chi connectivity index (χ1n) is 5.92. The molecule has 0 aromatic heterocycles. The van der Waals surface area contributed by atoms with E-state index >= 15 is 0 Å². The minimum Gasteiger partial charge on any atom is -0.330 e. The molecule has 0 unspecified atom stereocenters. The molecule has 0 spiro atoms. The van der Waals surface area contributed by atoms with Gasteiger partial charge in [-0.1, -0.05) is 35.5 Å². The molecule has 0 saturated carbocycles. The van der Waals surface area contributed by atoms with Crippen molar-refractivity contribution >= 4 is 27.7 Å². The average Bonchev–Trinajstić information content (AvgIpc) is 2.36. The van der Waals surface area contributed by atoms with Gasteiger partial charge in [-0.2, -0.15) is 0 Å². The third-order valence-corrected chi connectivity index (χ3v) is 4.68. The molecule has 1 nitrogen and oxygen atoms in total. The minimum absolute atomic E-state index is 0.691. The number of aryl methyl sites for hydroxylation is 1. The Bertz CT molecular complexity index is 523. The van der Waals surface area contributed by atoms with Crippen LogP contribution in [0.3, 0.4) is 0 Å². The molecular weight excluding hydrogens is 306 g/mol. The van der Waals surface area contributed by atoms with Crippen LogP contribution in [0.15, 0.2) is 56.7 Å². The fourth-order valence-corrected chi connectivity index (χ4v) is 3.17. The maximum Gasteiger partial charge on any atom is 0.0317 e. The number of halogens is 1. The lowest BCUT2D eigenvalue weighted by molar-refractivity contribution is 0.965. The standard InChI is InChI=1S/C15H16BrNS/c1-11-2-5-13(6-3-11)18-15-7-4-12(8-9-17)10-14(15)16/h2-7,10H,8-9,17H2,1H3. The van der Waals surface area contributed by atoms with Crippen LogP contribution in [0.5, 0.6) is 0 Å². The van der Waals surface area contributed by atoms with Crippen molar-refractivity contribution in [1.82, 2.24) is 0 Å². The van der Waals surface area contributed by atoms with E-state index in [2.05, 4.69) is 65.3 Å². The van der Waals surface area contributed by atoms with Gasteiger partial charge in [0.25, 0.3) is 0 Å². The van der Waals surface area contributed by atoms with Crippen LogP contribution in [0.25, 0.3) is 0 Å². The van der Waals surface area contributed by atoms with Crippen LogP contribution >= 0.6 is 27.7 Å². The van der Waals surface area contributed by atoms with Crippen molar-refractivity contribution in [2.24, 2.45) is 5.73 Å². The maximum absolute atomic E-state index is 5.57. The van der Waals surface area contributed by atoms with Gasteiger partial charge in [-0.15, -0.1) is 0 Å². The Kier molecular flexibility index (Phi) is 4.87. The largest absolute Gasteiger partial charge is 0.330 e. The molecule has 0 aliphatic heterocycles. The van der Waals surface area contributed by atoms with Crippen molar-refractivity contribution in [2.45, 2.75) is 23.1 Å². The van der Waals surface area contributed by atoms with Gasteiger partial charge in [-0.3, -0.25) is 0 Å². The first-order valence-corrected chi connectivity index (χ1v) is 7.53. The molecule has 0 fully saturated rings. The third kappa shape index (κ3) is 3.61. The van der Waals surface area contributed by atoms with Crippen molar-refractivity contribution in [3.63, 3.8) is 0 Å². The summed E-state index contributed by atoms with van der Waals surface area (Å²) in [5.74, 6) is 0. The first-order chi connectivity index (χ1) is 8.69. The van der Waals surface area contributed by atoms with E-state index in [1.807, 2.05) is 0 Å². The lowest BCUT2D eigenvalue weighted by atomic mass is 10.2. The Hall–Kier alpha value is -0.770. The van der Waals surface area contributed by atoms with E-state index in [1.54, 1.807) is 11.8 Å². The predicted molar refractivity (Wildman–Crippen MR) is 82.2 cm³/mol. The zero-order valence-corrected chi connectivity index (χ0v) is 12.7. The summed E-state index contributed by atoms with van der Waals surface area (Å²) in [5.41, 5.74) is 8.13. The number of nitrogens with two attached hydrogens (primary N) is 1. The van der Waals surface area contributed by atoms with E-state index < -0.39 is 0 Å². The molecule has 0 aliphatic carbocycles. The maximum atomic E-state index is 5.57. The monoisotopic (exact) mass is 321 g/mol. The molecule has 2 rings (SSSR count). The average molecular weight is 322 g/mol. The van der Waals surface area contributed by atoms with Gasteiger partial charge in [0, 0.05) is 14.3 Å². The summed E-state index contributed by atoms with van der Waals surface area (Å²) in [5, 5.41) is 0. The second kappa shape index (κ2) is 6.41. The predicted octanol–water partition coefficient (Wildman–Crippen LogP) is 4.41. The van der Waals surface area contributed by atoms with E-state index in [4.69, 9.17) is 5.73 Å². The summed E-state index contributed by atoms with van der Waals surface area (Å²) < 4.78 is 1.14. The Morgan fingerprint density at radius 1 is 1.11 bits per heavy atom. The molecule has 0 bridgehead atoms. The molecule has 0 saturated heterocycles. The van der Waals surface area contributed by atoms with Crippen LogP contribution < -0.4 is 5.73 Å². The van der Waals surface area contributed by atoms with Crippen LogP contribution in [0.4, 0.5) is 0 Å². The van der Waals surface area contributed by atoms with E-state index in [0.717, 1.165) is 10.9 Å². The molecule has 94 valence electrons. The fraction of sp³-hybridized carbons (Fsp3) is 0.200. The van der Waals surface area contributed by atoms with Crippen LogP contribution in [-0.4, -0.2) is 6.54 Å². The van der Waals surface area contributed by atoms with E-state index in [0.29, 0.717) is 6.54 Å². The summed E-state index contributed by atoms with van der Waals surface area (Å²) >= 11 is 5.40. The quantitative estimate of drug-likeness (QED) is 0.902. The summed E-state index contributed by atoms with van der Waals surface area (Å²) in [4.78, 5) is 2.49. The summed E-state index contributed by atoms with van der Waals surface area (Å²) in [6, 6.07) is 15.0. The molecule has 0 radical (unpaired) electrons. The van der Waals surface area contributed by atoms with Gasteiger partial charge in [-0.25, -0.2) is 0 Å². The Balaban J connectivity index is 2.16. The van der Waals surface area contributed by atoms with Crippen LogP contribution in [0, 0.1) is 6.92 Å². The van der Waals surface area contributed by atoms with Crippen molar-refractivity contribution in [3.8, 4) is 0 Å². The van der Waals surface area contributed by atoms with Crippen molar-refractivity contribution < 1.29 is 0 Å². The second-order valence-corrected chi connectivity index (χ2v) is 6.19. The highest BCUT2D eigenvalue weighted by Gasteiger charge is 2.03. The topological polar surface area (TPSA) is 26.0 Å². The highest BCUT2D eigenvalue weighted by molar-refractivity contribution is 9.10. The highest BCUT2D eigenvalue weighted by Crippen LogP contribution is 2.34. The molecule has 3 heteroatoms. The molecular formula is C15H16BrNS. The van der Waals surface area contributed by atoms with Gasteiger partial charge >= 0.3 is 0 Å². The van der Waals surface area contributed by atoms with Crippen molar-refractivity contribution in [2.75, 3.05) is 6.54 Å². The highest BCUT2D eigenvalue weighted by atomic mass is 79.9. The van der Waals surface area contributed by atoms with Crippen molar-refractivity contribution in [3.05, 3.63) is 58.1 Å². The number of benzene rings is 2. The van der Waals surface area contributed by atoms with Gasteiger partial charge in [-0.05, 0) is 65.6 Å². The fourth-order valence-electron chi connectivity index (χ4n) is 1.68. The van der Waals surface area contributed by atoms with Gasteiger partial charge in [0.2, 0.25) is 0 Å². The Morgan fingerprint density at radius 3 is 2.44 bits per heavy atom. The molecule has 0 amide bonds. The van der Waals surface area contributed by atoms with Gasteiger partial charge in [0.05, 0.1) is 0 Å². The number of rotatable bonds is 4. The van der Waals surface area contributed by atoms with E-state index in [1.165, 1.54) is 20.9 Å². The zero-order chi connectivity index (χ0) is 13.0. The molecule has 0 aliphatic rings. The summed E-state index contributed by atoms with van der Waals surface area (Å²) in [7, 11) is 0. The van der Waals surface area contributed by atoms with Crippen LogP contribution in [0.1, 0.15) is 11.1 Å². The third-order valence-electron chi connectivity index (χ3n) is 2.68. The second-order valence-electron chi connectivity index (χ2n) is 4.22. The van der Waals surface area contributed by atoms with E-state index in [9.17, 15) is 0 Å². The van der Waals surface area contributed by atoms with Crippen molar-refractivity contribution in [1.29, 1.82) is 0 Å². The molecule has 0 heterocycles. The van der Waals surface area contributed by atoms with Crippen LogP contribution in [0.2, 0.25) is 0 Å². The Labute approximate surface area is 121 Å². The SMILES string of the molecule is Cc1ccc(Sc2ccc(CCN)cc2Br)cc1. The van der Waals surface area contributed by atoms with Gasteiger partial charge in [0.15, 0.2) is 0 Å². The lowest BCUT2D eigenvalue weighted by Crippen LogP contribution is -2.02. The molecule has 2 N–H and O–H groups in total. The lowest BCUT2D eigenvalue weighted by Gasteiger charge is -2.07.